The van der Waals surface area contributed by atoms with E-state index in [-0.39, 0.29) is 47.1 Å². The van der Waals surface area contributed by atoms with Crippen LogP contribution >= 0.6 is 0 Å². The molecule has 3 atom stereocenters. The Morgan fingerprint density at radius 3 is 2.48 bits per heavy atom. The van der Waals surface area contributed by atoms with Gasteiger partial charge in [0.25, 0.3) is 5.91 Å². The van der Waals surface area contributed by atoms with E-state index in [9.17, 15) is 18.8 Å². The fourth-order valence-electron chi connectivity index (χ4n) is 5.88. The number of hydrogen-bond donors (Lipinski definition) is 1. The van der Waals surface area contributed by atoms with Gasteiger partial charge < -0.3 is 15.1 Å². The summed E-state index contributed by atoms with van der Waals surface area (Å²) in [6.07, 6.45) is 9.66. The maximum atomic E-state index is 14.1. The second kappa shape index (κ2) is 13.9. The van der Waals surface area contributed by atoms with Crippen LogP contribution in [0.25, 0.3) is 0 Å². The first-order valence-corrected chi connectivity index (χ1v) is 14.8. The summed E-state index contributed by atoms with van der Waals surface area (Å²) in [6, 6.07) is 5.58. The van der Waals surface area contributed by atoms with Gasteiger partial charge in [0.2, 0.25) is 11.8 Å². The van der Waals surface area contributed by atoms with Crippen molar-refractivity contribution in [3.63, 3.8) is 0 Å². The van der Waals surface area contributed by atoms with Crippen LogP contribution in [-0.2, 0) is 23.1 Å². The zero-order valence-corrected chi connectivity index (χ0v) is 24.0. The minimum Gasteiger partial charge on any atom is -0.344 e. The van der Waals surface area contributed by atoms with Gasteiger partial charge in [-0.3, -0.25) is 19.1 Å². The molecule has 0 bridgehead atoms. The molecule has 2 fully saturated rings. The third-order valence-electron chi connectivity index (χ3n) is 8.53. The zero-order valence-electron chi connectivity index (χ0n) is 24.0. The van der Waals surface area contributed by atoms with Gasteiger partial charge in [0.1, 0.15) is 11.9 Å². The van der Waals surface area contributed by atoms with E-state index in [0.717, 1.165) is 56.9 Å². The predicted octanol–water partition coefficient (Wildman–Crippen LogP) is 3.74. The lowest BCUT2D eigenvalue weighted by Crippen LogP contribution is -2.56. The van der Waals surface area contributed by atoms with Crippen molar-refractivity contribution in [2.75, 3.05) is 19.6 Å². The SMILES string of the molecule is CC[C@@H](C)C(=O)N[C@H](C(=O)N1CCC[C@H]1CN(CCc1ccc(F)cc1)C(=O)c1cn(C)nn1)C1CCCCC1. The smallest absolute Gasteiger partial charge is 0.276 e. The first-order chi connectivity index (χ1) is 19.3. The van der Waals surface area contributed by atoms with Crippen LogP contribution in [0.5, 0.6) is 0 Å². The van der Waals surface area contributed by atoms with Gasteiger partial charge in [-0.2, -0.15) is 0 Å². The number of carbonyl (C=O) groups is 3. The van der Waals surface area contributed by atoms with Gasteiger partial charge in [-0.1, -0.05) is 50.5 Å². The van der Waals surface area contributed by atoms with Crippen LogP contribution in [0.2, 0.25) is 0 Å². The summed E-state index contributed by atoms with van der Waals surface area (Å²) in [5.41, 5.74) is 1.17. The van der Waals surface area contributed by atoms with Crippen molar-refractivity contribution < 1.29 is 18.8 Å². The molecule has 2 aromatic rings. The molecular formula is C30H43FN6O3. The molecule has 3 amide bonds. The predicted molar refractivity (Wildman–Crippen MR) is 150 cm³/mol. The Morgan fingerprint density at radius 2 is 1.82 bits per heavy atom. The first kappa shape index (κ1) is 29.7. The van der Waals surface area contributed by atoms with Crippen molar-refractivity contribution in [2.24, 2.45) is 18.9 Å². The Kier molecular flexibility index (Phi) is 10.3. The number of halogens is 1. The molecule has 9 nitrogen and oxygen atoms in total. The summed E-state index contributed by atoms with van der Waals surface area (Å²) in [5, 5.41) is 11.1. The summed E-state index contributed by atoms with van der Waals surface area (Å²) >= 11 is 0. The molecule has 10 heteroatoms. The second-order valence-corrected chi connectivity index (χ2v) is 11.4. The average molecular weight is 555 g/mol. The van der Waals surface area contributed by atoms with Crippen LogP contribution in [-0.4, -0.2) is 74.2 Å². The van der Waals surface area contributed by atoms with Crippen LogP contribution in [0.4, 0.5) is 4.39 Å². The number of hydrogen-bond acceptors (Lipinski definition) is 5. The molecule has 1 aromatic carbocycles. The Balaban J connectivity index is 1.52. The highest BCUT2D eigenvalue weighted by atomic mass is 19.1. The number of nitrogens with one attached hydrogen (secondary N) is 1. The van der Waals surface area contributed by atoms with Gasteiger partial charge in [-0.05, 0) is 62.1 Å². The Hall–Kier alpha value is -3.30. The van der Waals surface area contributed by atoms with Crippen LogP contribution in [0.3, 0.4) is 0 Å². The molecule has 1 aliphatic carbocycles. The van der Waals surface area contributed by atoms with Crippen LogP contribution in [0.1, 0.15) is 81.3 Å². The zero-order chi connectivity index (χ0) is 28.6. The van der Waals surface area contributed by atoms with E-state index in [2.05, 4.69) is 15.6 Å². The van der Waals surface area contributed by atoms with Gasteiger partial charge in [0, 0.05) is 38.6 Å². The third kappa shape index (κ3) is 7.46. The lowest BCUT2D eigenvalue weighted by molar-refractivity contribution is -0.140. The number of benzene rings is 1. The molecule has 2 aliphatic rings. The van der Waals surface area contributed by atoms with Crippen molar-refractivity contribution in [3.8, 4) is 0 Å². The topological polar surface area (TPSA) is 100 Å². The number of rotatable bonds is 11. The Morgan fingerprint density at radius 1 is 1.10 bits per heavy atom. The second-order valence-electron chi connectivity index (χ2n) is 11.4. The molecule has 1 N–H and O–H groups in total. The summed E-state index contributed by atoms with van der Waals surface area (Å²) in [4.78, 5) is 44.2. The molecule has 4 rings (SSSR count). The molecule has 0 radical (unpaired) electrons. The summed E-state index contributed by atoms with van der Waals surface area (Å²) < 4.78 is 14.9. The van der Waals surface area contributed by atoms with Crippen molar-refractivity contribution in [1.82, 2.24) is 30.1 Å². The standard InChI is InChI=1S/C30H43FN6O3/c1-4-21(2)28(38)32-27(23-9-6-5-7-10-23)30(40)37-17-8-11-25(37)19-36(29(39)26-20-35(3)34-33-26)18-16-22-12-14-24(31)15-13-22/h12-15,20-21,23,25,27H,4-11,16-19H2,1-3H3,(H,32,38)/t21-,25+,27+/m1/s1. The van der Waals surface area contributed by atoms with Crippen molar-refractivity contribution >= 4 is 17.7 Å². The van der Waals surface area contributed by atoms with Gasteiger partial charge in [-0.25, -0.2) is 4.39 Å². The monoisotopic (exact) mass is 554 g/mol. The van der Waals surface area contributed by atoms with E-state index >= 15 is 0 Å². The Labute approximate surface area is 236 Å². The highest BCUT2D eigenvalue weighted by Gasteiger charge is 2.39. The molecule has 1 aliphatic heterocycles. The minimum atomic E-state index is -0.536. The fourth-order valence-corrected chi connectivity index (χ4v) is 5.88. The normalized spacial score (nSPS) is 19.3. The lowest BCUT2D eigenvalue weighted by atomic mass is 9.83. The minimum absolute atomic E-state index is 0.0310. The van der Waals surface area contributed by atoms with Gasteiger partial charge in [-0.15, -0.1) is 5.10 Å². The molecular weight excluding hydrogens is 511 g/mol. The largest absolute Gasteiger partial charge is 0.344 e. The van der Waals surface area contributed by atoms with Crippen LogP contribution in [0.15, 0.2) is 30.5 Å². The number of nitrogens with zero attached hydrogens (tertiary/aromatic N) is 5. The van der Waals surface area contributed by atoms with E-state index < -0.39 is 6.04 Å². The van der Waals surface area contributed by atoms with E-state index in [1.807, 2.05) is 18.7 Å². The van der Waals surface area contributed by atoms with E-state index in [1.165, 1.54) is 16.8 Å². The fraction of sp³-hybridized carbons (Fsp3) is 0.633. The molecule has 40 heavy (non-hydrogen) atoms. The van der Waals surface area contributed by atoms with Crippen LogP contribution in [0, 0.1) is 17.7 Å². The number of aromatic nitrogens is 3. The molecule has 2 heterocycles. The van der Waals surface area contributed by atoms with E-state index in [0.29, 0.717) is 26.1 Å². The van der Waals surface area contributed by atoms with Gasteiger partial charge in [0.15, 0.2) is 5.69 Å². The summed E-state index contributed by atoms with van der Waals surface area (Å²) in [5.74, 6) is -0.670. The summed E-state index contributed by atoms with van der Waals surface area (Å²) in [6.45, 7) is 5.24. The number of likely N-dealkylation sites (tertiary alicyclic amines) is 1. The third-order valence-corrected chi connectivity index (χ3v) is 8.53. The maximum Gasteiger partial charge on any atom is 0.276 e. The highest BCUT2D eigenvalue weighted by molar-refractivity contribution is 5.92. The Bertz CT molecular complexity index is 1150. The maximum absolute atomic E-state index is 14.1. The molecule has 0 unspecified atom stereocenters. The highest BCUT2D eigenvalue weighted by Crippen LogP contribution is 2.30. The van der Waals surface area contributed by atoms with Crippen molar-refractivity contribution in [1.29, 1.82) is 0 Å². The number of amides is 3. The van der Waals surface area contributed by atoms with Crippen LogP contribution < -0.4 is 5.32 Å². The van der Waals surface area contributed by atoms with E-state index in [1.54, 1.807) is 30.3 Å². The van der Waals surface area contributed by atoms with Gasteiger partial charge in [0.05, 0.1) is 6.20 Å². The quantitative estimate of drug-likeness (QED) is 0.456. The summed E-state index contributed by atoms with van der Waals surface area (Å²) in [7, 11) is 1.71. The average Bonchev–Trinajstić information content (AvgIpc) is 3.62. The van der Waals surface area contributed by atoms with Crippen molar-refractivity contribution in [2.45, 2.75) is 83.7 Å². The van der Waals surface area contributed by atoms with E-state index in [4.69, 9.17) is 0 Å². The molecule has 1 saturated heterocycles. The van der Waals surface area contributed by atoms with Crippen molar-refractivity contribution in [3.05, 3.63) is 47.5 Å². The first-order valence-electron chi connectivity index (χ1n) is 14.8. The number of carbonyl (C=O) groups excluding carboxylic acids is 3. The molecule has 1 saturated carbocycles. The van der Waals surface area contributed by atoms with Gasteiger partial charge >= 0.3 is 0 Å². The molecule has 1 aromatic heterocycles. The lowest BCUT2D eigenvalue weighted by Gasteiger charge is -2.36. The molecule has 0 spiro atoms. The molecule has 218 valence electrons. The number of aryl methyl sites for hydroxylation is 1.